The summed E-state index contributed by atoms with van der Waals surface area (Å²) in [5, 5.41) is 0. The van der Waals surface area contributed by atoms with E-state index in [1.54, 1.807) is 24.7 Å². The molecular weight excluding hydrogens is 276 g/mol. The first-order valence-corrected chi connectivity index (χ1v) is 6.39. The number of aryl methyl sites for hydroxylation is 1. The topological polar surface area (TPSA) is 98.4 Å². The van der Waals surface area contributed by atoms with E-state index in [1.165, 1.54) is 0 Å². The summed E-state index contributed by atoms with van der Waals surface area (Å²) >= 11 is 0. The van der Waals surface area contributed by atoms with Crippen molar-refractivity contribution in [2.75, 3.05) is 18.0 Å². The number of ether oxygens (including phenoxy) is 1. The van der Waals surface area contributed by atoms with Crippen LogP contribution in [0.1, 0.15) is 12.6 Å². The number of hydrogen-bond acceptors (Lipinski definition) is 8. The third-order valence-electron chi connectivity index (χ3n) is 2.83. The normalized spacial score (nSPS) is 13.7. The first-order chi connectivity index (χ1) is 10.3. The van der Waals surface area contributed by atoms with Gasteiger partial charge >= 0.3 is 12.2 Å². The van der Waals surface area contributed by atoms with Gasteiger partial charge < -0.3 is 14.1 Å². The van der Waals surface area contributed by atoms with E-state index in [0.29, 0.717) is 12.0 Å². The second kappa shape index (κ2) is 7.16. The van der Waals surface area contributed by atoms with Crippen LogP contribution in [-0.2, 0) is 16.0 Å². The molecule has 0 aliphatic carbocycles. The Kier molecular flexibility index (Phi) is 5.00. The molecule has 2 aromatic heterocycles. The first-order valence-electron chi connectivity index (χ1n) is 6.39. The van der Waals surface area contributed by atoms with Crippen LogP contribution < -0.4 is 9.64 Å². The fourth-order valence-corrected chi connectivity index (χ4v) is 1.77. The van der Waals surface area contributed by atoms with Gasteiger partial charge in [0.15, 0.2) is 0 Å². The maximum atomic E-state index is 8.12. The molecule has 0 spiro atoms. The van der Waals surface area contributed by atoms with Crippen molar-refractivity contribution in [1.29, 1.82) is 0 Å². The van der Waals surface area contributed by atoms with Gasteiger partial charge in [-0.15, -0.1) is 0 Å². The highest BCUT2D eigenvalue weighted by Crippen LogP contribution is 2.22. The Morgan fingerprint density at radius 2 is 2.05 bits per heavy atom. The van der Waals surface area contributed by atoms with Crippen LogP contribution >= 0.6 is 0 Å². The van der Waals surface area contributed by atoms with Crippen LogP contribution in [0.15, 0.2) is 29.1 Å². The number of rotatable bonds is 4. The van der Waals surface area contributed by atoms with E-state index in [-0.39, 0.29) is 12.3 Å². The predicted octanol–water partition coefficient (Wildman–Crippen LogP) is 0.711. The van der Waals surface area contributed by atoms with Crippen molar-refractivity contribution in [3.63, 3.8) is 0 Å². The third kappa shape index (κ3) is 3.87. The molecule has 1 saturated heterocycles. The van der Waals surface area contributed by atoms with E-state index < -0.39 is 0 Å². The largest absolute Gasteiger partial charge is 0.456 e. The molecule has 1 aliphatic rings. The highest BCUT2D eigenvalue weighted by Gasteiger charge is 2.32. The predicted molar refractivity (Wildman–Crippen MR) is 69.5 cm³/mol. The summed E-state index contributed by atoms with van der Waals surface area (Å²) in [4.78, 5) is 30.7. The molecule has 0 saturated carbocycles. The van der Waals surface area contributed by atoms with Crippen molar-refractivity contribution in [1.82, 2.24) is 15.0 Å². The smallest absolute Gasteiger partial charge is 0.373 e. The molecular formula is C13H14N4O4. The second-order valence-corrected chi connectivity index (χ2v) is 4.23. The lowest BCUT2D eigenvalue weighted by atomic mass is 10.2. The molecule has 0 aromatic carbocycles. The molecule has 0 N–H and O–H groups in total. The molecule has 8 nitrogen and oxygen atoms in total. The molecule has 0 bridgehead atoms. The van der Waals surface area contributed by atoms with Crippen LogP contribution in [0.4, 0.5) is 6.01 Å². The maximum absolute atomic E-state index is 8.12. The van der Waals surface area contributed by atoms with Crippen LogP contribution in [-0.4, -0.2) is 40.3 Å². The van der Waals surface area contributed by atoms with Crippen molar-refractivity contribution in [3.8, 4) is 6.01 Å². The third-order valence-corrected chi connectivity index (χ3v) is 2.83. The van der Waals surface area contributed by atoms with Crippen molar-refractivity contribution in [2.24, 2.45) is 0 Å². The fraction of sp³-hybridized carbons (Fsp3) is 0.385. The Hall–Kier alpha value is -2.73. The zero-order valence-corrected chi connectivity index (χ0v) is 11.4. The van der Waals surface area contributed by atoms with Gasteiger partial charge in [0.25, 0.3) is 6.01 Å². The molecule has 0 atom stereocenters. The molecule has 2 aromatic rings. The number of aromatic nitrogens is 3. The van der Waals surface area contributed by atoms with Gasteiger partial charge in [0.1, 0.15) is 12.4 Å². The average molecular weight is 290 g/mol. The molecule has 0 radical (unpaired) electrons. The molecule has 8 heteroatoms. The Bertz CT molecular complexity index is 589. The Labute approximate surface area is 120 Å². The van der Waals surface area contributed by atoms with Crippen molar-refractivity contribution in [3.05, 3.63) is 30.4 Å². The molecule has 21 heavy (non-hydrogen) atoms. The molecule has 0 unspecified atom stereocenters. The maximum Gasteiger partial charge on any atom is 0.373 e. The summed E-state index contributed by atoms with van der Waals surface area (Å²) in [6, 6.07) is 2.85. The second-order valence-electron chi connectivity index (χ2n) is 4.23. The lowest BCUT2D eigenvalue weighted by Crippen LogP contribution is -2.54. The molecule has 0 amide bonds. The summed E-state index contributed by atoms with van der Waals surface area (Å²) in [6.07, 6.45) is 6.27. The zero-order valence-electron chi connectivity index (χ0n) is 11.4. The number of anilines is 1. The minimum absolute atomic E-state index is 0.101. The van der Waals surface area contributed by atoms with E-state index >= 15 is 0 Å². The van der Waals surface area contributed by atoms with Crippen molar-refractivity contribution >= 4 is 12.2 Å². The van der Waals surface area contributed by atoms with Crippen LogP contribution in [0, 0.1) is 0 Å². The van der Waals surface area contributed by atoms with Gasteiger partial charge in [-0.25, -0.2) is 9.97 Å². The Morgan fingerprint density at radius 1 is 1.38 bits per heavy atom. The minimum atomic E-state index is 0.101. The molecule has 3 heterocycles. The Morgan fingerprint density at radius 3 is 2.62 bits per heavy atom. The Balaban J connectivity index is 0.000000497. The lowest BCUT2D eigenvalue weighted by Gasteiger charge is -2.36. The van der Waals surface area contributed by atoms with E-state index in [4.69, 9.17) is 18.7 Å². The number of oxazole rings is 1. The van der Waals surface area contributed by atoms with Gasteiger partial charge in [-0.3, -0.25) is 0 Å². The lowest BCUT2D eigenvalue weighted by molar-refractivity contribution is -0.191. The highest BCUT2D eigenvalue weighted by molar-refractivity contribution is 5.32. The average Bonchev–Trinajstić information content (AvgIpc) is 2.93. The number of carbonyl (C=O) groups excluding carboxylic acids is 2. The van der Waals surface area contributed by atoms with E-state index in [9.17, 15) is 0 Å². The standard InChI is InChI=1S/C12H14N4O2.CO2/c1-2-9-8-17-12(15-9)16-6-10(7-16)18-11-13-4-3-5-14-11;2-1-3/h3-5,8,10H,2,6-7H2,1H3;. The monoisotopic (exact) mass is 290 g/mol. The zero-order chi connectivity index (χ0) is 15.1. The van der Waals surface area contributed by atoms with E-state index in [0.717, 1.165) is 25.2 Å². The van der Waals surface area contributed by atoms with Gasteiger partial charge in [-0.1, -0.05) is 6.92 Å². The first kappa shape index (κ1) is 14.7. The van der Waals surface area contributed by atoms with Crippen LogP contribution in [0.2, 0.25) is 0 Å². The van der Waals surface area contributed by atoms with Gasteiger partial charge in [-0.05, 0) is 12.5 Å². The molecule has 110 valence electrons. The SMILES string of the molecule is CCc1coc(N2CC(Oc3ncccn3)C2)n1.O=C=O. The fourth-order valence-electron chi connectivity index (χ4n) is 1.77. The van der Waals surface area contributed by atoms with E-state index in [1.807, 2.05) is 4.90 Å². The van der Waals surface area contributed by atoms with Crippen LogP contribution in [0.25, 0.3) is 0 Å². The molecule has 1 fully saturated rings. The van der Waals surface area contributed by atoms with Gasteiger partial charge in [-0.2, -0.15) is 14.6 Å². The van der Waals surface area contributed by atoms with Gasteiger partial charge in [0.05, 0.1) is 18.8 Å². The summed E-state index contributed by atoms with van der Waals surface area (Å²) in [6.45, 7) is 3.56. The summed E-state index contributed by atoms with van der Waals surface area (Å²) in [7, 11) is 0. The quantitative estimate of drug-likeness (QED) is 0.812. The molecule has 1 aliphatic heterocycles. The van der Waals surface area contributed by atoms with Crippen LogP contribution in [0.5, 0.6) is 6.01 Å². The van der Waals surface area contributed by atoms with Crippen molar-refractivity contribution in [2.45, 2.75) is 19.4 Å². The summed E-state index contributed by atoms with van der Waals surface area (Å²) in [5.41, 5.74) is 0.973. The molecule has 3 rings (SSSR count). The highest BCUT2D eigenvalue weighted by atomic mass is 16.5. The summed E-state index contributed by atoms with van der Waals surface area (Å²) < 4.78 is 11.0. The van der Waals surface area contributed by atoms with E-state index in [2.05, 4.69) is 21.9 Å². The number of nitrogens with zero attached hydrogens (tertiary/aromatic N) is 4. The van der Waals surface area contributed by atoms with Gasteiger partial charge in [0, 0.05) is 12.4 Å². The van der Waals surface area contributed by atoms with Crippen LogP contribution in [0.3, 0.4) is 0 Å². The minimum Gasteiger partial charge on any atom is -0.456 e. The van der Waals surface area contributed by atoms with Gasteiger partial charge in [0.2, 0.25) is 0 Å². The number of hydrogen-bond donors (Lipinski definition) is 0. The summed E-state index contributed by atoms with van der Waals surface area (Å²) in [5.74, 6) is 0. The van der Waals surface area contributed by atoms with Crippen molar-refractivity contribution < 1.29 is 18.7 Å².